The molecule has 1 aromatic carbocycles. The highest BCUT2D eigenvalue weighted by Gasteiger charge is 2.13. The number of hydrogen-bond acceptors (Lipinski definition) is 1. The van der Waals surface area contributed by atoms with Crippen molar-refractivity contribution in [1.29, 1.82) is 0 Å². The van der Waals surface area contributed by atoms with Crippen LogP contribution in [0.1, 0.15) is 24.8 Å². The second kappa shape index (κ2) is 3.81. The standard InChI is InChI=1S/C10H13N.ClH/c1-8-6-7-11-10-5-3-2-4-9(8)10;/h2-5,8,11H,6-7H2,1H3;1H/t8-;/m0./s1. The van der Waals surface area contributed by atoms with Gasteiger partial charge in [-0.1, -0.05) is 25.1 Å². The highest BCUT2D eigenvalue weighted by molar-refractivity contribution is 5.85. The molecule has 0 radical (unpaired) electrons. The molecule has 1 aromatic rings. The first-order chi connectivity index (χ1) is 5.38. The van der Waals surface area contributed by atoms with Crippen LogP contribution >= 0.6 is 12.4 Å². The summed E-state index contributed by atoms with van der Waals surface area (Å²) in [5.74, 6) is 0.729. The maximum Gasteiger partial charge on any atom is 0.0375 e. The van der Waals surface area contributed by atoms with E-state index in [4.69, 9.17) is 0 Å². The molecule has 2 heteroatoms. The molecule has 0 amide bonds. The summed E-state index contributed by atoms with van der Waals surface area (Å²) >= 11 is 0. The lowest BCUT2D eigenvalue weighted by Gasteiger charge is -2.23. The lowest BCUT2D eigenvalue weighted by atomic mass is 9.93. The van der Waals surface area contributed by atoms with Gasteiger partial charge in [-0.25, -0.2) is 0 Å². The zero-order chi connectivity index (χ0) is 7.68. The van der Waals surface area contributed by atoms with Crippen LogP contribution in [0.5, 0.6) is 0 Å². The molecule has 2 rings (SSSR count). The Morgan fingerprint density at radius 1 is 1.33 bits per heavy atom. The van der Waals surface area contributed by atoms with Gasteiger partial charge < -0.3 is 5.32 Å². The van der Waals surface area contributed by atoms with Gasteiger partial charge in [-0.3, -0.25) is 0 Å². The lowest BCUT2D eigenvalue weighted by molar-refractivity contribution is 0.684. The van der Waals surface area contributed by atoms with Gasteiger partial charge in [0.1, 0.15) is 0 Å². The topological polar surface area (TPSA) is 12.0 Å². The van der Waals surface area contributed by atoms with Gasteiger partial charge in [-0.15, -0.1) is 12.4 Å². The van der Waals surface area contributed by atoms with Crippen LogP contribution in [-0.4, -0.2) is 6.54 Å². The molecule has 0 saturated carbocycles. The Morgan fingerprint density at radius 2 is 2.08 bits per heavy atom. The predicted octanol–water partition coefficient (Wildman–Crippen LogP) is 3.03. The fourth-order valence-corrected chi connectivity index (χ4v) is 1.67. The molecule has 66 valence electrons. The second-order valence-corrected chi connectivity index (χ2v) is 3.20. The molecule has 1 atom stereocenters. The Morgan fingerprint density at radius 3 is 2.83 bits per heavy atom. The fraction of sp³-hybridized carbons (Fsp3) is 0.400. The Labute approximate surface area is 79.6 Å². The monoisotopic (exact) mass is 183 g/mol. The molecule has 1 heterocycles. The van der Waals surface area contributed by atoms with E-state index >= 15 is 0 Å². The molecule has 1 N–H and O–H groups in total. The van der Waals surface area contributed by atoms with Crippen molar-refractivity contribution >= 4 is 18.1 Å². The molecule has 0 aromatic heterocycles. The van der Waals surface area contributed by atoms with Crippen LogP contribution in [-0.2, 0) is 0 Å². The van der Waals surface area contributed by atoms with E-state index in [1.54, 1.807) is 0 Å². The first-order valence-electron chi connectivity index (χ1n) is 4.21. The van der Waals surface area contributed by atoms with Gasteiger partial charge in [-0.2, -0.15) is 0 Å². The molecular formula is C10H14ClN. The van der Waals surface area contributed by atoms with Gasteiger partial charge in [0.2, 0.25) is 0 Å². The minimum atomic E-state index is 0. The lowest BCUT2D eigenvalue weighted by Crippen LogP contribution is -2.14. The van der Waals surface area contributed by atoms with Crippen molar-refractivity contribution in [3.63, 3.8) is 0 Å². The number of benzene rings is 1. The quantitative estimate of drug-likeness (QED) is 0.652. The summed E-state index contributed by atoms with van der Waals surface area (Å²) in [6.07, 6.45) is 1.26. The average Bonchev–Trinajstić information content (AvgIpc) is 2.06. The molecular weight excluding hydrogens is 170 g/mol. The van der Waals surface area contributed by atoms with Crippen molar-refractivity contribution < 1.29 is 0 Å². The Kier molecular flexibility index (Phi) is 2.99. The van der Waals surface area contributed by atoms with Crippen LogP contribution in [0.15, 0.2) is 24.3 Å². The van der Waals surface area contributed by atoms with Crippen LogP contribution in [0.2, 0.25) is 0 Å². The summed E-state index contributed by atoms with van der Waals surface area (Å²) in [4.78, 5) is 0. The highest BCUT2D eigenvalue weighted by atomic mass is 35.5. The van der Waals surface area contributed by atoms with Crippen LogP contribution in [0.4, 0.5) is 5.69 Å². The van der Waals surface area contributed by atoms with Crippen LogP contribution in [0.25, 0.3) is 0 Å². The Balaban J connectivity index is 0.000000720. The molecule has 0 aliphatic carbocycles. The van der Waals surface area contributed by atoms with Gasteiger partial charge in [0, 0.05) is 12.2 Å². The van der Waals surface area contributed by atoms with E-state index in [2.05, 4.69) is 36.5 Å². The molecule has 12 heavy (non-hydrogen) atoms. The highest BCUT2D eigenvalue weighted by Crippen LogP contribution is 2.30. The normalized spacial score (nSPS) is 20.2. The average molecular weight is 184 g/mol. The van der Waals surface area contributed by atoms with E-state index in [9.17, 15) is 0 Å². The van der Waals surface area contributed by atoms with E-state index < -0.39 is 0 Å². The smallest absolute Gasteiger partial charge is 0.0375 e. The summed E-state index contributed by atoms with van der Waals surface area (Å²) in [7, 11) is 0. The van der Waals surface area contributed by atoms with E-state index in [1.165, 1.54) is 17.7 Å². The second-order valence-electron chi connectivity index (χ2n) is 3.20. The summed E-state index contributed by atoms with van der Waals surface area (Å²) in [5, 5.41) is 3.39. The number of nitrogens with one attached hydrogen (secondary N) is 1. The van der Waals surface area contributed by atoms with Crippen LogP contribution < -0.4 is 5.32 Å². The summed E-state index contributed by atoms with van der Waals surface area (Å²) in [5.41, 5.74) is 2.80. The summed E-state index contributed by atoms with van der Waals surface area (Å²) < 4.78 is 0. The van der Waals surface area contributed by atoms with Crippen molar-refractivity contribution in [3.05, 3.63) is 29.8 Å². The SMILES string of the molecule is C[C@H]1CCNc2ccccc21.Cl. The Hall–Kier alpha value is -0.690. The van der Waals surface area contributed by atoms with E-state index in [0.29, 0.717) is 0 Å². The summed E-state index contributed by atoms with van der Waals surface area (Å²) in [6, 6.07) is 8.57. The van der Waals surface area contributed by atoms with E-state index in [1.807, 2.05) is 0 Å². The number of anilines is 1. The minimum absolute atomic E-state index is 0. The van der Waals surface area contributed by atoms with Crippen molar-refractivity contribution in [2.75, 3.05) is 11.9 Å². The zero-order valence-electron chi connectivity index (χ0n) is 7.21. The number of halogens is 1. The molecule has 1 aliphatic heterocycles. The molecule has 0 spiro atoms. The third kappa shape index (κ3) is 1.56. The third-order valence-electron chi connectivity index (χ3n) is 2.38. The first kappa shape index (κ1) is 9.40. The maximum absolute atomic E-state index is 3.39. The fourth-order valence-electron chi connectivity index (χ4n) is 1.67. The zero-order valence-corrected chi connectivity index (χ0v) is 8.03. The largest absolute Gasteiger partial charge is 0.385 e. The molecule has 1 aliphatic rings. The molecule has 0 bridgehead atoms. The van der Waals surface area contributed by atoms with Gasteiger partial charge in [0.05, 0.1) is 0 Å². The number of hydrogen-bond donors (Lipinski definition) is 1. The number of fused-ring (bicyclic) bond motifs is 1. The molecule has 0 unspecified atom stereocenters. The van der Waals surface area contributed by atoms with Crippen LogP contribution in [0.3, 0.4) is 0 Å². The van der Waals surface area contributed by atoms with Gasteiger partial charge in [-0.05, 0) is 24.0 Å². The van der Waals surface area contributed by atoms with Gasteiger partial charge in [0.15, 0.2) is 0 Å². The summed E-state index contributed by atoms with van der Waals surface area (Å²) in [6.45, 7) is 3.41. The minimum Gasteiger partial charge on any atom is -0.385 e. The van der Waals surface area contributed by atoms with Crippen molar-refractivity contribution in [1.82, 2.24) is 0 Å². The van der Waals surface area contributed by atoms with Crippen molar-refractivity contribution in [2.45, 2.75) is 19.3 Å². The van der Waals surface area contributed by atoms with Gasteiger partial charge >= 0.3 is 0 Å². The third-order valence-corrected chi connectivity index (χ3v) is 2.38. The van der Waals surface area contributed by atoms with Crippen molar-refractivity contribution in [2.24, 2.45) is 0 Å². The number of para-hydroxylation sites is 1. The molecule has 0 saturated heterocycles. The Bertz CT molecular complexity index is 260. The van der Waals surface area contributed by atoms with E-state index in [0.717, 1.165) is 12.5 Å². The first-order valence-corrected chi connectivity index (χ1v) is 4.21. The maximum atomic E-state index is 3.39. The van der Waals surface area contributed by atoms with Gasteiger partial charge in [0.25, 0.3) is 0 Å². The van der Waals surface area contributed by atoms with Crippen molar-refractivity contribution in [3.8, 4) is 0 Å². The van der Waals surface area contributed by atoms with E-state index in [-0.39, 0.29) is 12.4 Å². The van der Waals surface area contributed by atoms with Crippen LogP contribution in [0, 0.1) is 0 Å². The number of rotatable bonds is 0. The predicted molar refractivity (Wildman–Crippen MR) is 55.2 cm³/mol. The molecule has 0 fully saturated rings. The molecule has 1 nitrogen and oxygen atoms in total.